The van der Waals surface area contributed by atoms with Gasteiger partial charge in [-0.2, -0.15) is 0 Å². The molecule has 2 aromatic rings. The maximum Gasteiger partial charge on any atom is 0.311 e. The van der Waals surface area contributed by atoms with E-state index in [2.05, 4.69) is 10.1 Å². The summed E-state index contributed by atoms with van der Waals surface area (Å²) in [7, 11) is 0. The standard InChI is InChI=1S/C12H10N4O4/c13-12(15-17)11-10(6-3-7-14-11)20-9-5-2-1-4-8(9)16(18)19/h1-7,17H,(H2,13,15). The molecule has 8 heteroatoms. The van der Waals surface area contributed by atoms with Crippen LogP contribution in [-0.4, -0.2) is 21.0 Å². The summed E-state index contributed by atoms with van der Waals surface area (Å²) in [5, 5.41) is 22.4. The molecule has 1 heterocycles. The van der Waals surface area contributed by atoms with Gasteiger partial charge < -0.3 is 15.7 Å². The average Bonchev–Trinajstić information content (AvgIpc) is 2.47. The van der Waals surface area contributed by atoms with Crippen molar-refractivity contribution in [1.82, 2.24) is 4.98 Å². The molecule has 0 spiro atoms. The summed E-state index contributed by atoms with van der Waals surface area (Å²) in [6.07, 6.45) is 1.43. The van der Waals surface area contributed by atoms with E-state index in [1.165, 1.54) is 30.5 Å². The maximum absolute atomic E-state index is 10.9. The number of nitrogens with two attached hydrogens (primary N) is 1. The van der Waals surface area contributed by atoms with E-state index in [-0.39, 0.29) is 28.7 Å². The van der Waals surface area contributed by atoms with Crippen molar-refractivity contribution in [2.45, 2.75) is 0 Å². The fourth-order valence-electron chi connectivity index (χ4n) is 1.53. The third kappa shape index (κ3) is 2.64. The molecule has 0 saturated heterocycles. The summed E-state index contributed by atoms with van der Waals surface area (Å²) in [5.41, 5.74) is 5.37. The van der Waals surface area contributed by atoms with Gasteiger partial charge in [0.15, 0.2) is 17.3 Å². The second-order valence-corrected chi connectivity index (χ2v) is 3.66. The number of benzene rings is 1. The Balaban J connectivity index is 2.44. The number of nitro groups is 1. The highest BCUT2D eigenvalue weighted by Gasteiger charge is 2.17. The number of amidine groups is 1. The number of hydrogen-bond donors (Lipinski definition) is 2. The number of nitrogens with zero attached hydrogens (tertiary/aromatic N) is 3. The summed E-state index contributed by atoms with van der Waals surface area (Å²) in [6, 6.07) is 8.96. The molecule has 0 aliphatic heterocycles. The Morgan fingerprint density at radius 1 is 1.30 bits per heavy atom. The van der Waals surface area contributed by atoms with Gasteiger partial charge in [-0.15, -0.1) is 0 Å². The Hall–Kier alpha value is -3.16. The number of nitro benzene ring substituents is 1. The van der Waals surface area contributed by atoms with Crippen LogP contribution in [0, 0.1) is 10.1 Å². The molecule has 0 aliphatic rings. The van der Waals surface area contributed by atoms with Gasteiger partial charge in [0.1, 0.15) is 0 Å². The summed E-state index contributed by atoms with van der Waals surface area (Å²) in [4.78, 5) is 14.3. The third-order valence-electron chi connectivity index (χ3n) is 2.40. The summed E-state index contributed by atoms with van der Waals surface area (Å²) < 4.78 is 5.45. The number of oxime groups is 1. The summed E-state index contributed by atoms with van der Waals surface area (Å²) in [6.45, 7) is 0. The molecule has 1 aromatic carbocycles. The summed E-state index contributed by atoms with van der Waals surface area (Å²) >= 11 is 0. The molecule has 0 atom stereocenters. The van der Waals surface area contributed by atoms with Crippen molar-refractivity contribution < 1.29 is 14.9 Å². The third-order valence-corrected chi connectivity index (χ3v) is 2.40. The first-order chi connectivity index (χ1) is 9.63. The zero-order valence-corrected chi connectivity index (χ0v) is 10.1. The molecule has 2 rings (SSSR count). The highest BCUT2D eigenvalue weighted by molar-refractivity contribution is 5.97. The maximum atomic E-state index is 10.9. The van der Waals surface area contributed by atoms with Crippen LogP contribution in [0.1, 0.15) is 5.69 Å². The van der Waals surface area contributed by atoms with E-state index in [1.54, 1.807) is 12.1 Å². The second kappa shape index (κ2) is 5.65. The zero-order chi connectivity index (χ0) is 14.5. The predicted molar refractivity (Wildman–Crippen MR) is 69.9 cm³/mol. The molecule has 102 valence electrons. The molecule has 1 aromatic heterocycles. The van der Waals surface area contributed by atoms with Crippen molar-refractivity contribution in [2.75, 3.05) is 0 Å². The van der Waals surface area contributed by atoms with Crippen LogP contribution in [0.15, 0.2) is 47.8 Å². The van der Waals surface area contributed by atoms with Crippen molar-refractivity contribution in [3.8, 4) is 11.5 Å². The molecule has 0 saturated carbocycles. The van der Waals surface area contributed by atoms with Crippen LogP contribution in [0.5, 0.6) is 11.5 Å². The lowest BCUT2D eigenvalue weighted by Gasteiger charge is -2.09. The van der Waals surface area contributed by atoms with Gasteiger partial charge in [0, 0.05) is 12.3 Å². The smallest absolute Gasteiger partial charge is 0.311 e. The van der Waals surface area contributed by atoms with Gasteiger partial charge in [0.05, 0.1) is 4.92 Å². The van der Waals surface area contributed by atoms with Crippen LogP contribution in [0.4, 0.5) is 5.69 Å². The Bertz CT molecular complexity index is 672. The molecule has 0 radical (unpaired) electrons. The van der Waals surface area contributed by atoms with Gasteiger partial charge >= 0.3 is 5.69 Å². The van der Waals surface area contributed by atoms with E-state index in [9.17, 15) is 10.1 Å². The number of hydrogen-bond acceptors (Lipinski definition) is 6. The van der Waals surface area contributed by atoms with E-state index in [0.29, 0.717) is 0 Å². The van der Waals surface area contributed by atoms with E-state index in [4.69, 9.17) is 15.7 Å². The molecular formula is C12H10N4O4. The molecule has 0 unspecified atom stereocenters. The predicted octanol–water partition coefficient (Wildman–Crippen LogP) is 1.88. The van der Waals surface area contributed by atoms with E-state index < -0.39 is 4.92 Å². The SMILES string of the molecule is N/C(=N/O)c1ncccc1Oc1ccccc1[N+](=O)[O-]. The van der Waals surface area contributed by atoms with Crippen LogP contribution in [0.3, 0.4) is 0 Å². The van der Waals surface area contributed by atoms with Crippen LogP contribution < -0.4 is 10.5 Å². The molecule has 8 nitrogen and oxygen atoms in total. The molecule has 0 fully saturated rings. The van der Waals surface area contributed by atoms with Crippen molar-refractivity contribution in [2.24, 2.45) is 10.9 Å². The Morgan fingerprint density at radius 2 is 2.00 bits per heavy atom. The minimum Gasteiger partial charge on any atom is -0.448 e. The normalized spacial score (nSPS) is 11.1. The van der Waals surface area contributed by atoms with Crippen LogP contribution >= 0.6 is 0 Å². The molecule has 0 bridgehead atoms. The fourth-order valence-corrected chi connectivity index (χ4v) is 1.53. The number of ether oxygens (including phenoxy) is 1. The summed E-state index contributed by atoms with van der Waals surface area (Å²) in [5.74, 6) is -0.0613. The van der Waals surface area contributed by atoms with E-state index in [0.717, 1.165) is 0 Å². The fraction of sp³-hybridized carbons (Fsp3) is 0. The first-order valence-electron chi connectivity index (χ1n) is 5.47. The number of aromatic nitrogens is 1. The van der Waals surface area contributed by atoms with Crippen LogP contribution in [-0.2, 0) is 0 Å². The molecule has 20 heavy (non-hydrogen) atoms. The van der Waals surface area contributed by atoms with Gasteiger partial charge in [-0.05, 0) is 18.2 Å². The van der Waals surface area contributed by atoms with Gasteiger partial charge in [-0.3, -0.25) is 10.1 Å². The van der Waals surface area contributed by atoms with E-state index in [1.807, 2.05) is 0 Å². The molecule has 0 amide bonds. The lowest BCUT2D eigenvalue weighted by atomic mass is 10.2. The lowest BCUT2D eigenvalue weighted by Crippen LogP contribution is -2.16. The van der Waals surface area contributed by atoms with Gasteiger partial charge in [-0.1, -0.05) is 17.3 Å². The first-order valence-corrected chi connectivity index (χ1v) is 5.47. The van der Waals surface area contributed by atoms with Crippen molar-refractivity contribution >= 4 is 11.5 Å². The average molecular weight is 274 g/mol. The van der Waals surface area contributed by atoms with Crippen molar-refractivity contribution in [1.29, 1.82) is 0 Å². The van der Waals surface area contributed by atoms with Gasteiger partial charge in [0.25, 0.3) is 0 Å². The number of rotatable bonds is 4. The first kappa shape index (κ1) is 13.3. The molecule has 3 N–H and O–H groups in total. The zero-order valence-electron chi connectivity index (χ0n) is 10.1. The van der Waals surface area contributed by atoms with E-state index >= 15 is 0 Å². The van der Waals surface area contributed by atoms with Gasteiger partial charge in [0.2, 0.25) is 5.75 Å². The largest absolute Gasteiger partial charge is 0.448 e. The lowest BCUT2D eigenvalue weighted by molar-refractivity contribution is -0.385. The highest BCUT2D eigenvalue weighted by Crippen LogP contribution is 2.31. The quantitative estimate of drug-likeness (QED) is 0.288. The van der Waals surface area contributed by atoms with Gasteiger partial charge in [-0.25, -0.2) is 4.98 Å². The van der Waals surface area contributed by atoms with Crippen LogP contribution in [0.2, 0.25) is 0 Å². The van der Waals surface area contributed by atoms with Crippen LogP contribution in [0.25, 0.3) is 0 Å². The Morgan fingerprint density at radius 3 is 2.70 bits per heavy atom. The Kier molecular flexibility index (Phi) is 3.75. The number of para-hydroxylation sites is 2. The minimum absolute atomic E-state index is 0.0393. The highest BCUT2D eigenvalue weighted by atomic mass is 16.6. The molecular weight excluding hydrogens is 264 g/mol. The van der Waals surface area contributed by atoms with Crippen molar-refractivity contribution in [3.63, 3.8) is 0 Å². The second-order valence-electron chi connectivity index (χ2n) is 3.66. The minimum atomic E-state index is -0.561. The monoisotopic (exact) mass is 274 g/mol. The Labute approximate surface area is 113 Å². The number of pyridine rings is 1. The molecule has 0 aliphatic carbocycles. The van der Waals surface area contributed by atoms with Crippen molar-refractivity contribution in [3.05, 3.63) is 58.4 Å². The topological polar surface area (TPSA) is 124 Å².